The third-order valence-electron chi connectivity index (χ3n) is 4.21. The number of aromatic nitrogens is 1. The van der Waals surface area contributed by atoms with E-state index < -0.39 is 0 Å². The van der Waals surface area contributed by atoms with E-state index in [-0.39, 0.29) is 5.78 Å². The summed E-state index contributed by atoms with van der Waals surface area (Å²) in [6.07, 6.45) is 0. The van der Waals surface area contributed by atoms with E-state index in [9.17, 15) is 4.79 Å². The number of nitrogens with zero attached hydrogens (tertiary/aromatic N) is 1. The first kappa shape index (κ1) is 16.3. The summed E-state index contributed by atoms with van der Waals surface area (Å²) in [6.45, 7) is 12.8. The lowest BCUT2D eigenvalue weighted by atomic mass is 10.1. The number of rotatable bonds is 5. The van der Waals surface area contributed by atoms with Crippen molar-refractivity contribution < 1.29 is 4.79 Å². The first-order valence-electron chi connectivity index (χ1n) is 7.84. The van der Waals surface area contributed by atoms with Crippen molar-refractivity contribution in [1.29, 1.82) is 0 Å². The van der Waals surface area contributed by atoms with Crippen molar-refractivity contribution in [2.24, 2.45) is 0 Å². The lowest BCUT2D eigenvalue weighted by molar-refractivity contribution is 0.101. The minimum absolute atomic E-state index is 0.141. The molecule has 1 N–H and O–H groups in total. The maximum Gasteiger partial charge on any atom is 0.183 e. The van der Waals surface area contributed by atoms with Crippen LogP contribution in [0.1, 0.15) is 52.8 Å². The molecule has 0 aliphatic rings. The molecule has 0 spiro atoms. The van der Waals surface area contributed by atoms with Crippen LogP contribution in [0, 0.1) is 27.7 Å². The zero-order valence-electron chi connectivity index (χ0n) is 14.4. The number of nitrogens with one attached hydrogen (secondary N) is 1. The van der Waals surface area contributed by atoms with Crippen molar-refractivity contribution in [2.45, 2.75) is 47.6 Å². The molecule has 0 saturated carbocycles. The van der Waals surface area contributed by atoms with E-state index in [0.717, 1.165) is 22.6 Å². The fourth-order valence-corrected chi connectivity index (χ4v) is 3.21. The molecule has 3 nitrogen and oxygen atoms in total. The SMILES string of the molecule is Cc1cccc(C)c1NCC(=O)c1cc(C)n(C(C)C)c1C. The number of para-hydroxylation sites is 1. The maximum atomic E-state index is 12.6. The van der Waals surface area contributed by atoms with Crippen molar-refractivity contribution in [3.8, 4) is 0 Å². The summed E-state index contributed by atoms with van der Waals surface area (Å²) in [5.74, 6) is 0.141. The average molecular weight is 298 g/mol. The molecule has 0 atom stereocenters. The van der Waals surface area contributed by atoms with Gasteiger partial charge in [0.25, 0.3) is 0 Å². The molecule has 0 aliphatic carbocycles. The van der Waals surface area contributed by atoms with E-state index >= 15 is 0 Å². The molecule has 0 bridgehead atoms. The first-order valence-corrected chi connectivity index (χ1v) is 7.84. The normalized spacial score (nSPS) is 11.0. The van der Waals surface area contributed by atoms with Crippen LogP contribution >= 0.6 is 0 Å². The Balaban J connectivity index is 2.19. The van der Waals surface area contributed by atoms with Crippen LogP contribution < -0.4 is 5.32 Å². The maximum absolute atomic E-state index is 12.6. The number of carbonyl (C=O) groups excluding carboxylic acids is 1. The second kappa shape index (κ2) is 6.39. The van der Waals surface area contributed by atoms with E-state index in [2.05, 4.69) is 56.6 Å². The van der Waals surface area contributed by atoms with Gasteiger partial charge in [-0.1, -0.05) is 18.2 Å². The Bertz CT molecular complexity index is 675. The van der Waals surface area contributed by atoms with Crippen LogP contribution in [0.15, 0.2) is 24.3 Å². The topological polar surface area (TPSA) is 34.0 Å². The van der Waals surface area contributed by atoms with Gasteiger partial charge in [-0.25, -0.2) is 0 Å². The summed E-state index contributed by atoms with van der Waals surface area (Å²) < 4.78 is 2.21. The highest BCUT2D eigenvalue weighted by molar-refractivity contribution is 6.00. The number of hydrogen-bond acceptors (Lipinski definition) is 2. The Morgan fingerprint density at radius 2 is 1.73 bits per heavy atom. The molecule has 0 aliphatic heterocycles. The van der Waals surface area contributed by atoms with Gasteiger partial charge in [0.1, 0.15) is 0 Å². The van der Waals surface area contributed by atoms with Gasteiger partial charge in [-0.3, -0.25) is 4.79 Å². The predicted molar refractivity (Wildman–Crippen MR) is 93.0 cm³/mol. The molecule has 2 rings (SSSR count). The molecule has 0 radical (unpaired) electrons. The molecule has 1 aromatic carbocycles. The highest BCUT2D eigenvalue weighted by Crippen LogP contribution is 2.22. The van der Waals surface area contributed by atoms with Crippen LogP contribution in [0.25, 0.3) is 0 Å². The highest BCUT2D eigenvalue weighted by Gasteiger charge is 2.17. The van der Waals surface area contributed by atoms with Gasteiger partial charge in [-0.05, 0) is 58.7 Å². The summed E-state index contributed by atoms with van der Waals surface area (Å²) in [5.41, 5.74) is 6.42. The molecule has 0 unspecified atom stereocenters. The molecule has 1 heterocycles. The molecule has 1 aromatic heterocycles. The Morgan fingerprint density at radius 1 is 1.14 bits per heavy atom. The van der Waals surface area contributed by atoms with Gasteiger partial charge in [0, 0.05) is 28.7 Å². The molecule has 0 amide bonds. The monoisotopic (exact) mass is 298 g/mol. The van der Waals surface area contributed by atoms with Crippen LogP contribution in [0.2, 0.25) is 0 Å². The number of ketones is 1. The van der Waals surface area contributed by atoms with E-state index in [4.69, 9.17) is 0 Å². The third-order valence-corrected chi connectivity index (χ3v) is 4.21. The van der Waals surface area contributed by atoms with Crippen LogP contribution in [-0.2, 0) is 0 Å². The van der Waals surface area contributed by atoms with Gasteiger partial charge in [-0.15, -0.1) is 0 Å². The van der Waals surface area contributed by atoms with Crippen molar-refractivity contribution in [3.05, 3.63) is 52.3 Å². The van der Waals surface area contributed by atoms with Gasteiger partial charge in [-0.2, -0.15) is 0 Å². The standard InChI is InChI=1S/C19H26N2O/c1-12(2)21-15(5)10-17(16(21)6)18(22)11-20-19-13(3)8-7-9-14(19)4/h7-10,12,20H,11H2,1-6H3. The van der Waals surface area contributed by atoms with Crippen molar-refractivity contribution in [2.75, 3.05) is 11.9 Å². The predicted octanol–water partition coefficient (Wildman–Crippen LogP) is 4.60. The smallest absolute Gasteiger partial charge is 0.183 e. The highest BCUT2D eigenvalue weighted by atomic mass is 16.1. The number of Topliss-reactive ketones (excluding diaryl/α,β-unsaturated/α-hetero) is 1. The van der Waals surface area contributed by atoms with Crippen LogP contribution in [0.3, 0.4) is 0 Å². The second-order valence-electron chi connectivity index (χ2n) is 6.29. The van der Waals surface area contributed by atoms with Crippen LogP contribution in [0.5, 0.6) is 0 Å². The molecule has 0 fully saturated rings. The lowest BCUT2D eigenvalue weighted by Crippen LogP contribution is -2.16. The fraction of sp³-hybridized carbons (Fsp3) is 0.421. The summed E-state index contributed by atoms with van der Waals surface area (Å²) in [7, 11) is 0. The molecule has 0 saturated heterocycles. The molecule has 22 heavy (non-hydrogen) atoms. The first-order chi connectivity index (χ1) is 10.3. The Morgan fingerprint density at radius 3 is 2.23 bits per heavy atom. The lowest BCUT2D eigenvalue weighted by Gasteiger charge is -2.14. The van der Waals surface area contributed by atoms with Gasteiger partial charge >= 0.3 is 0 Å². The Hall–Kier alpha value is -2.03. The molecule has 2 aromatic rings. The number of benzene rings is 1. The van der Waals surface area contributed by atoms with Crippen LogP contribution in [0.4, 0.5) is 5.69 Å². The second-order valence-corrected chi connectivity index (χ2v) is 6.29. The minimum Gasteiger partial charge on any atom is -0.377 e. The molecular formula is C19H26N2O. The summed E-state index contributed by atoms with van der Waals surface area (Å²) >= 11 is 0. The van der Waals surface area contributed by atoms with Crippen molar-refractivity contribution in [1.82, 2.24) is 4.57 Å². The molecule has 118 valence electrons. The van der Waals surface area contributed by atoms with Crippen molar-refractivity contribution >= 4 is 11.5 Å². The van der Waals surface area contributed by atoms with E-state index in [1.54, 1.807) is 0 Å². The summed E-state index contributed by atoms with van der Waals surface area (Å²) in [6, 6.07) is 8.53. The summed E-state index contributed by atoms with van der Waals surface area (Å²) in [4.78, 5) is 12.6. The van der Waals surface area contributed by atoms with Crippen LogP contribution in [-0.4, -0.2) is 16.9 Å². The third kappa shape index (κ3) is 3.08. The number of carbonyl (C=O) groups is 1. The number of hydrogen-bond donors (Lipinski definition) is 1. The Kier molecular flexibility index (Phi) is 4.74. The van der Waals surface area contributed by atoms with E-state index in [1.807, 2.05) is 19.1 Å². The Labute approximate surface area is 133 Å². The summed E-state index contributed by atoms with van der Waals surface area (Å²) in [5, 5.41) is 3.31. The molecular weight excluding hydrogens is 272 g/mol. The number of anilines is 1. The van der Waals surface area contributed by atoms with Gasteiger partial charge in [0.2, 0.25) is 0 Å². The largest absolute Gasteiger partial charge is 0.377 e. The quantitative estimate of drug-likeness (QED) is 0.819. The zero-order chi connectivity index (χ0) is 16.4. The number of aryl methyl sites for hydroxylation is 3. The zero-order valence-corrected chi connectivity index (χ0v) is 14.4. The van der Waals surface area contributed by atoms with Gasteiger partial charge in [0.05, 0.1) is 6.54 Å². The minimum atomic E-state index is 0.141. The fourth-order valence-electron chi connectivity index (χ4n) is 3.21. The average Bonchev–Trinajstić information content (AvgIpc) is 2.73. The van der Waals surface area contributed by atoms with E-state index in [0.29, 0.717) is 12.6 Å². The van der Waals surface area contributed by atoms with Gasteiger partial charge in [0.15, 0.2) is 5.78 Å². The van der Waals surface area contributed by atoms with Gasteiger partial charge < -0.3 is 9.88 Å². The van der Waals surface area contributed by atoms with Crippen molar-refractivity contribution in [3.63, 3.8) is 0 Å². The van der Waals surface area contributed by atoms with E-state index in [1.165, 1.54) is 11.1 Å². The molecule has 3 heteroatoms.